The van der Waals surface area contributed by atoms with E-state index >= 15 is 0 Å². The summed E-state index contributed by atoms with van der Waals surface area (Å²) < 4.78 is 0. The third-order valence-electron chi connectivity index (χ3n) is 2.73. The van der Waals surface area contributed by atoms with Gasteiger partial charge in [-0.3, -0.25) is 9.59 Å². The van der Waals surface area contributed by atoms with Gasteiger partial charge in [-0.1, -0.05) is 37.0 Å². The van der Waals surface area contributed by atoms with Crippen LogP contribution in [0, 0.1) is 11.8 Å². The van der Waals surface area contributed by atoms with E-state index in [1.165, 1.54) is 18.2 Å². The molecular weight excluding hydrogens is 289 g/mol. The fourth-order valence-electron chi connectivity index (χ4n) is 1.60. The highest BCUT2D eigenvalue weighted by Crippen LogP contribution is 2.19. The van der Waals surface area contributed by atoms with Crippen molar-refractivity contribution >= 4 is 35.1 Å². The van der Waals surface area contributed by atoms with Gasteiger partial charge in [-0.05, 0) is 24.1 Å². The van der Waals surface area contributed by atoms with Crippen LogP contribution in [0.25, 0.3) is 0 Å². The molecule has 0 radical (unpaired) electrons. The predicted octanol–water partition coefficient (Wildman–Crippen LogP) is 3.08. The van der Waals surface area contributed by atoms with Crippen molar-refractivity contribution in [2.24, 2.45) is 11.8 Å². The molecule has 1 amide bonds. The number of hydrogen-bond donors (Lipinski definition) is 2. The highest BCUT2D eigenvalue weighted by atomic mass is 35.5. The van der Waals surface area contributed by atoms with Crippen molar-refractivity contribution < 1.29 is 14.7 Å². The third-order valence-corrected chi connectivity index (χ3v) is 3.17. The van der Waals surface area contributed by atoms with Crippen molar-refractivity contribution in [2.75, 3.05) is 6.54 Å². The zero-order valence-electron chi connectivity index (χ0n) is 10.6. The number of aliphatic carboxylic acids is 1. The Kier molecular flexibility index (Phi) is 5.63. The molecule has 1 aromatic carbocycles. The summed E-state index contributed by atoms with van der Waals surface area (Å²) in [6.07, 6.45) is 0. The van der Waals surface area contributed by atoms with Crippen LogP contribution in [0.15, 0.2) is 18.2 Å². The first-order chi connectivity index (χ1) is 8.81. The third kappa shape index (κ3) is 4.73. The molecule has 4 nitrogen and oxygen atoms in total. The second-order valence-corrected chi connectivity index (χ2v) is 5.43. The van der Waals surface area contributed by atoms with E-state index in [1.54, 1.807) is 13.8 Å². The molecule has 0 spiro atoms. The smallest absolute Gasteiger partial charge is 0.308 e. The van der Waals surface area contributed by atoms with E-state index in [0.717, 1.165) is 0 Å². The molecule has 0 saturated heterocycles. The number of carboxylic acids is 1. The van der Waals surface area contributed by atoms with Gasteiger partial charge in [0.2, 0.25) is 0 Å². The molecule has 1 unspecified atom stereocenters. The van der Waals surface area contributed by atoms with Crippen LogP contribution in [0.4, 0.5) is 0 Å². The number of hydrogen-bond acceptors (Lipinski definition) is 2. The Morgan fingerprint density at radius 1 is 1.21 bits per heavy atom. The summed E-state index contributed by atoms with van der Waals surface area (Å²) in [6, 6.07) is 4.48. The molecule has 0 aromatic heterocycles. The molecule has 104 valence electrons. The predicted molar refractivity (Wildman–Crippen MR) is 74.8 cm³/mol. The van der Waals surface area contributed by atoms with Crippen molar-refractivity contribution in [1.82, 2.24) is 5.32 Å². The summed E-state index contributed by atoms with van der Waals surface area (Å²) in [5, 5.41) is 12.3. The first-order valence-electron chi connectivity index (χ1n) is 5.78. The number of rotatable bonds is 5. The molecule has 0 aliphatic heterocycles. The number of carbonyl (C=O) groups is 2. The number of halogens is 2. The largest absolute Gasteiger partial charge is 0.481 e. The fourth-order valence-corrected chi connectivity index (χ4v) is 2.12. The second-order valence-electron chi connectivity index (χ2n) is 4.56. The molecule has 0 aliphatic rings. The molecule has 1 rings (SSSR count). The van der Waals surface area contributed by atoms with Crippen LogP contribution >= 0.6 is 23.2 Å². The van der Waals surface area contributed by atoms with E-state index in [4.69, 9.17) is 28.3 Å². The molecule has 2 N–H and O–H groups in total. The van der Waals surface area contributed by atoms with Gasteiger partial charge in [0.25, 0.3) is 5.91 Å². The summed E-state index contributed by atoms with van der Waals surface area (Å²) in [6.45, 7) is 3.65. The second kappa shape index (κ2) is 6.78. The zero-order valence-corrected chi connectivity index (χ0v) is 12.1. The number of carbonyl (C=O) groups excluding carboxylic acids is 1. The summed E-state index contributed by atoms with van der Waals surface area (Å²) in [5.41, 5.74) is 0.311. The number of benzene rings is 1. The quantitative estimate of drug-likeness (QED) is 0.878. The van der Waals surface area contributed by atoms with E-state index in [0.29, 0.717) is 15.6 Å². The van der Waals surface area contributed by atoms with E-state index in [1.807, 2.05) is 0 Å². The lowest BCUT2D eigenvalue weighted by molar-refractivity contribution is -0.142. The molecule has 0 fully saturated rings. The number of amides is 1. The van der Waals surface area contributed by atoms with E-state index in [2.05, 4.69) is 5.32 Å². The monoisotopic (exact) mass is 303 g/mol. The molecule has 0 bridgehead atoms. The minimum Gasteiger partial charge on any atom is -0.481 e. The highest BCUT2D eigenvalue weighted by Gasteiger charge is 2.22. The maximum atomic E-state index is 11.9. The molecule has 0 saturated carbocycles. The highest BCUT2D eigenvalue weighted by molar-refractivity contribution is 6.35. The lowest BCUT2D eigenvalue weighted by Gasteiger charge is -2.16. The van der Waals surface area contributed by atoms with Crippen molar-refractivity contribution in [3.05, 3.63) is 33.8 Å². The topological polar surface area (TPSA) is 66.4 Å². The standard InChI is InChI=1S/C13H15Cl2NO3/c1-7(2)11(13(18)19)6-16-12(17)8-3-9(14)5-10(15)4-8/h3-5,7,11H,6H2,1-2H3,(H,16,17)(H,18,19). The average molecular weight is 304 g/mol. The Hall–Kier alpha value is -1.26. The van der Waals surface area contributed by atoms with Crippen LogP contribution < -0.4 is 5.32 Å². The van der Waals surface area contributed by atoms with Crippen LogP contribution in [0.5, 0.6) is 0 Å². The SMILES string of the molecule is CC(C)C(CNC(=O)c1cc(Cl)cc(Cl)c1)C(=O)O. The lowest BCUT2D eigenvalue weighted by atomic mass is 9.96. The summed E-state index contributed by atoms with van der Waals surface area (Å²) >= 11 is 11.6. The Bertz CT molecular complexity index is 469. The summed E-state index contributed by atoms with van der Waals surface area (Å²) in [4.78, 5) is 22.9. The van der Waals surface area contributed by atoms with Gasteiger partial charge in [0.1, 0.15) is 0 Å². The maximum absolute atomic E-state index is 11.9. The minimum absolute atomic E-state index is 0.0654. The first-order valence-corrected chi connectivity index (χ1v) is 6.54. The van der Waals surface area contributed by atoms with Gasteiger partial charge in [0.15, 0.2) is 0 Å². The van der Waals surface area contributed by atoms with Crippen molar-refractivity contribution in [3.8, 4) is 0 Å². The molecule has 0 heterocycles. The summed E-state index contributed by atoms with van der Waals surface area (Å²) in [7, 11) is 0. The molecule has 0 aliphatic carbocycles. The Labute approximate surface area is 121 Å². The van der Waals surface area contributed by atoms with Gasteiger partial charge in [0.05, 0.1) is 5.92 Å². The van der Waals surface area contributed by atoms with Crippen molar-refractivity contribution in [1.29, 1.82) is 0 Å². The number of carboxylic acid groups (broad SMARTS) is 1. The maximum Gasteiger partial charge on any atom is 0.308 e. The lowest BCUT2D eigenvalue weighted by Crippen LogP contribution is -2.35. The molecular formula is C13H15Cl2NO3. The first kappa shape index (κ1) is 15.8. The average Bonchev–Trinajstić information content (AvgIpc) is 2.26. The Morgan fingerprint density at radius 3 is 2.16 bits per heavy atom. The van der Waals surface area contributed by atoms with Crippen molar-refractivity contribution in [2.45, 2.75) is 13.8 Å². The van der Waals surface area contributed by atoms with E-state index < -0.39 is 17.8 Å². The molecule has 1 atom stereocenters. The fraction of sp³-hybridized carbons (Fsp3) is 0.385. The van der Waals surface area contributed by atoms with Gasteiger partial charge in [-0.2, -0.15) is 0 Å². The van der Waals surface area contributed by atoms with Crippen LogP contribution in [-0.4, -0.2) is 23.5 Å². The van der Waals surface area contributed by atoms with Gasteiger partial charge < -0.3 is 10.4 Å². The van der Waals surface area contributed by atoms with E-state index in [9.17, 15) is 9.59 Å². The summed E-state index contributed by atoms with van der Waals surface area (Å²) in [5.74, 6) is -2.02. The molecule has 1 aromatic rings. The van der Waals surface area contributed by atoms with Crippen molar-refractivity contribution in [3.63, 3.8) is 0 Å². The van der Waals surface area contributed by atoms with Gasteiger partial charge in [-0.25, -0.2) is 0 Å². The van der Waals surface area contributed by atoms with Crippen LogP contribution in [0.2, 0.25) is 10.0 Å². The van der Waals surface area contributed by atoms with Crippen LogP contribution in [0.1, 0.15) is 24.2 Å². The van der Waals surface area contributed by atoms with Gasteiger partial charge >= 0.3 is 5.97 Å². The molecule has 6 heteroatoms. The van der Waals surface area contributed by atoms with Gasteiger partial charge in [0, 0.05) is 22.2 Å². The van der Waals surface area contributed by atoms with Crippen LogP contribution in [0.3, 0.4) is 0 Å². The Morgan fingerprint density at radius 2 is 1.74 bits per heavy atom. The van der Waals surface area contributed by atoms with Gasteiger partial charge in [-0.15, -0.1) is 0 Å². The van der Waals surface area contributed by atoms with E-state index in [-0.39, 0.29) is 12.5 Å². The van der Waals surface area contributed by atoms with Crippen LogP contribution in [-0.2, 0) is 4.79 Å². The number of nitrogens with one attached hydrogen (secondary N) is 1. The minimum atomic E-state index is -0.931. The Balaban J connectivity index is 2.72. The normalized spacial score (nSPS) is 12.3. The zero-order chi connectivity index (χ0) is 14.6. The molecule has 19 heavy (non-hydrogen) atoms.